The van der Waals surface area contributed by atoms with Gasteiger partial charge in [0.1, 0.15) is 6.07 Å². The van der Waals surface area contributed by atoms with Crippen molar-refractivity contribution < 1.29 is 4.74 Å². The number of methoxy groups -OCH3 is 1. The topological polar surface area (TPSA) is 62.9 Å². The molecule has 0 amide bonds. The van der Waals surface area contributed by atoms with E-state index in [-0.39, 0.29) is 0 Å². The van der Waals surface area contributed by atoms with Gasteiger partial charge in [-0.2, -0.15) is 5.26 Å². The number of nitriles is 1. The predicted molar refractivity (Wildman–Crippen MR) is 71.9 cm³/mol. The zero-order valence-electron chi connectivity index (χ0n) is 10.8. The van der Waals surface area contributed by atoms with E-state index in [1.54, 1.807) is 19.6 Å². The number of benzene rings is 1. The summed E-state index contributed by atoms with van der Waals surface area (Å²) in [6.45, 7) is 2.20. The van der Waals surface area contributed by atoms with Gasteiger partial charge in [-0.25, -0.2) is 4.98 Å². The van der Waals surface area contributed by atoms with Gasteiger partial charge in [0.05, 0.1) is 24.2 Å². The van der Waals surface area contributed by atoms with Crippen LogP contribution in [0, 0.1) is 11.3 Å². The zero-order valence-corrected chi connectivity index (χ0v) is 10.8. The predicted octanol–water partition coefficient (Wildman–Crippen LogP) is 1.48. The Kier molecular flexibility index (Phi) is 4.67. The molecule has 19 heavy (non-hydrogen) atoms. The van der Waals surface area contributed by atoms with Gasteiger partial charge in [-0.3, -0.25) is 0 Å². The summed E-state index contributed by atoms with van der Waals surface area (Å²) in [6.07, 6.45) is 5.21. The van der Waals surface area contributed by atoms with Gasteiger partial charge in [-0.15, -0.1) is 0 Å². The van der Waals surface area contributed by atoms with Crippen molar-refractivity contribution in [3.63, 3.8) is 0 Å². The Morgan fingerprint density at radius 2 is 2.37 bits per heavy atom. The van der Waals surface area contributed by atoms with Gasteiger partial charge < -0.3 is 14.6 Å². The van der Waals surface area contributed by atoms with E-state index in [2.05, 4.69) is 16.4 Å². The monoisotopic (exact) mass is 256 g/mol. The molecular weight excluding hydrogens is 240 g/mol. The number of hydrogen-bond acceptors (Lipinski definition) is 4. The minimum absolute atomic E-state index is 0.643. The quantitative estimate of drug-likeness (QED) is 0.795. The molecule has 0 bridgehead atoms. The Hall–Kier alpha value is -2.16. The molecule has 0 radical (unpaired) electrons. The molecule has 1 aromatic carbocycles. The minimum Gasteiger partial charge on any atom is -0.383 e. The number of nitrogens with one attached hydrogen (secondary N) is 1. The molecule has 1 heterocycles. The molecule has 0 atom stereocenters. The van der Waals surface area contributed by atoms with E-state index in [1.807, 2.05) is 29.0 Å². The summed E-state index contributed by atoms with van der Waals surface area (Å²) in [4.78, 5) is 3.99. The van der Waals surface area contributed by atoms with Crippen LogP contribution >= 0.6 is 0 Å². The highest BCUT2D eigenvalue weighted by Gasteiger charge is 2.05. The number of ether oxygens (including phenoxy) is 1. The lowest BCUT2D eigenvalue weighted by molar-refractivity contribution is 0.199. The average Bonchev–Trinajstić information content (AvgIpc) is 2.97. The maximum absolute atomic E-state index is 9.23. The maximum Gasteiger partial charge on any atom is 0.101 e. The molecule has 2 aromatic rings. The van der Waals surface area contributed by atoms with Gasteiger partial charge >= 0.3 is 0 Å². The van der Waals surface area contributed by atoms with Crippen molar-refractivity contribution in [3.05, 3.63) is 48.0 Å². The third-order valence-electron chi connectivity index (χ3n) is 2.78. The van der Waals surface area contributed by atoms with E-state index < -0.39 is 0 Å². The third-order valence-corrected chi connectivity index (χ3v) is 2.78. The van der Waals surface area contributed by atoms with Gasteiger partial charge in [0.25, 0.3) is 0 Å². The fraction of sp³-hybridized carbons (Fsp3) is 0.286. The molecule has 0 spiro atoms. The highest BCUT2D eigenvalue weighted by atomic mass is 16.5. The highest BCUT2D eigenvalue weighted by Crippen LogP contribution is 2.15. The van der Waals surface area contributed by atoms with Gasteiger partial charge in [-0.05, 0) is 17.7 Å². The first kappa shape index (κ1) is 13.3. The first-order valence-corrected chi connectivity index (χ1v) is 6.06. The Morgan fingerprint density at radius 3 is 3.05 bits per heavy atom. The molecule has 1 N–H and O–H groups in total. The number of hydrogen-bond donors (Lipinski definition) is 1. The number of imidazole rings is 1. The van der Waals surface area contributed by atoms with Crippen LogP contribution in [0.25, 0.3) is 5.69 Å². The minimum atomic E-state index is 0.643. The second kappa shape index (κ2) is 6.69. The molecular formula is C14H16N4O. The number of nitrogens with zero attached hydrogens (tertiary/aromatic N) is 3. The van der Waals surface area contributed by atoms with Crippen molar-refractivity contribution in [2.45, 2.75) is 6.54 Å². The van der Waals surface area contributed by atoms with E-state index in [0.717, 1.165) is 24.3 Å². The first-order valence-electron chi connectivity index (χ1n) is 6.06. The lowest BCUT2D eigenvalue weighted by atomic mass is 10.1. The SMILES string of the molecule is COCCNCc1ccc(-n2ccnc2)c(C#N)c1. The van der Waals surface area contributed by atoms with Crippen LogP contribution in [-0.2, 0) is 11.3 Å². The van der Waals surface area contributed by atoms with Crippen molar-refractivity contribution in [3.8, 4) is 11.8 Å². The molecule has 0 aliphatic rings. The molecule has 5 heteroatoms. The Balaban J connectivity index is 2.11. The Labute approximate surface area is 112 Å². The average molecular weight is 256 g/mol. The van der Waals surface area contributed by atoms with Gasteiger partial charge in [0, 0.05) is 32.6 Å². The molecule has 0 saturated carbocycles. The first-order chi connectivity index (χ1) is 9.35. The van der Waals surface area contributed by atoms with Crippen molar-refractivity contribution >= 4 is 0 Å². The summed E-state index contributed by atoms with van der Waals surface area (Å²) in [6, 6.07) is 8.07. The molecule has 0 saturated heterocycles. The van der Waals surface area contributed by atoms with Crippen LogP contribution in [0.4, 0.5) is 0 Å². The maximum atomic E-state index is 9.23. The van der Waals surface area contributed by atoms with Gasteiger partial charge in [-0.1, -0.05) is 6.07 Å². The van der Waals surface area contributed by atoms with Crippen molar-refractivity contribution in [1.82, 2.24) is 14.9 Å². The van der Waals surface area contributed by atoms with Gasteiger partial charge in [0.15, 0.2) is 0 Å². The lowest BCUT2D eigenvalue weighted by Gasteiger charge is -2.08. The van der Waals surface area contributed by atoms with Gasteiger partial charge in [0.2, 0.25) is 0 Å². The molecule has 2 rings (SSSR count). The summed E-state index contributed by atoms with van der Waals surface area (Å²) in [7, 11) is 1.68. The molecule has 98 valence electrons. The van der Waals surface area contributed by atoms with Crippen LogP contribution in [0.3, 0.4) is 0 Å². The summed E-state index contributed by atoms with van der Waals surface area (Å²) in [5.41, 5.74) is 2.57. The summed E-state index contributed by atoms with van der Waals surface area (Å²) >= 11 is 0. The second-order valence-electron chi connectivity index (χ2n) is 4.10. The molecule has 5 nitrogen and oxygen atoms in total. The summed E-state index contributed by atoms with van der Waals surface area (Å²) in [5.74, 6) is 0. The van der Waals surface area contributed by atoms with E-state index >= 15 is 0 Å². The third kappa shape index (κ3) is 3.41. The van der Waals surface area contributed by atoms with Crippen LogP contribution < -0.4 is 5.32 Å². The standard InChI is InChI=1S/C14H16N4O/c1-19-7-5-16-10-12-2-3-14(13(8-12)9-15)18-6-4-17-11-18/h2-4,6,8,11,16H,5,7,10H2,1H3. The van der Waals surface area contributed by atoms with Crippen LogP contribution in [0.2, 0.25) is 0 Å². The second-order valence-corrected chi connectivity index (χ2v) is 4.10. The van der Waals surface area contributed by atoms with Crippen LogP contribution in [-0.4, -0.2) is 29.8 Å². The van der Waals surface area contributed by atoms with Crippen molar-refractivity contribution in [2.75, 3.05) is 20.3 Å². The van der Waals surface area contributed by atoms with Crippen LogP contribution in [0.5, 0.6) is 0 Å². The number of aromatic nitrogens is 2. The fourth-order valence-corrected chi connectivity index (χ4v) is 1.82. The van der Waals surface area contributed by atoms with E-state index in [1.165, 1.54) is 0 Å². The summed E-state index contributed by atoms with van der Waals surface area (Å²) < 4.78 is 6.80. The molecule has 0 aliphatic heterocycles. The van der Waals surface area contributed by atoms with Crippen LogP contribution in [0.1, 0.15) is 11.1 Å². The summed E-state index contributed by atoms with van der Waals surface area (Å²) in [5, 5.41) is 12.5. The molecule has 0 fully saturated rings. The molecule has 0 unspecified atom stereocenters. The molecule has 1 aromatic heterocycles. The van der Waals surface area contributed by atoms with Crippen LogP contribution in [0.15, 0.2) is 36.9 Å². The largest absolute Gasteiger partial charge is 0.383 e. The van der Waals surface area contributed by atoms with Crippen molar-refractivity contribution in [2.24, 2.45) is 0 Å². The van der Waals surface area contributed by atoms with E-state index in [0.29, 0.717) is 12.2 Å². The number of rotatable bonds is 6. The highest BCUT2D eigenvalue weighted by molar-refractivity contribution is 5.50. The Bertz CT molecular complexity index is 557. The smallest absolute Gasteiger partial charge is 0.101 e. The fourth-order valence-electron chi connectivity index (χ4n) is 1.82. The Morgan fingerprint density at radius 1 is 1.47 bits per heavy atom. The van der Waals surface area contributed by atoms with E-state index in [4.69, 9.17) is 4.74 Å². The normalized spacial score (nSPS) is 10.3. The zero-order chi connectivity index (χ0) is 13.5. The molecule has 0 aliphatic carbocycles. The van der Waals surface area contributed by atoms with Crippen molar-refractivity contribution in [1.29, 1.82) is 5.26 Å². The van der Waals surface area contributed by atoms with E-state index in [9.17, 15) is 5.26 Å². The lowest BCUT2D eigenvalue weighted by Crippen LogP contribution is -2.18.